The van der Waals surface area contributed by atoms with Gasteiger partial charge in [0.1, 0.15) is 0 Å². The molecule has 0 saturated carbocycles. The third-order valence-corrected chi connectivity index (χ3v) is 3.93. The summed E-state index contributed by atoms with van der Waals surface area (Å²) in [5, 5.41) is 3.50. The summed E-state index contributed by atoms with van der Waals surface area (Å²) in [6.07, 6.45) is 3.32. The van der Waals surface area contributed by atoms with Crippen LogP contribution in [-0.2, 0) is 9.53 Å². The highest BCUT2D eigenvalue weighted by Crippen LogP contribution is 2.20. The molecule has 21 heavy (non-hydrogen) atoms. The number of amides is 1. The van der Waals surface area contributed by atoms with E-state index in [1.165, 1.54) is 0 Å². The highest BCUT2D eigenvalue weighted by atomic mass is 16.5. The van der Waals surface area contributed by atoms with Gasteiger partial charge in [-0.2, -0.15) is 0 Å². The number of carbonyl (C=O) groups is 1. The van der Waals surface area contributed by atoms with Gasteiger partial charge in [-0.05, 0) is 26.4 Å². The molecule has 0 radical (unpaired) electrons. The molecule has 5 nitrogen and oxygen atoms in total. The molecule has 5 heteroatoms. The van der Waals surface area contributed by atoms with Gasteiger partial charge in [-0.15, -0.1) is 0 Å². The van der Waals surface area contributed by atoms with Crippen LogP contribution in [-0.4, -0.2) is 68.3 Å². The Labute approximate surface area is 130 Å². The van der Waals surface area contributed by atoms with E-state index in [4.69, 9.17) is 4.74 Å². The second-order valence-electron chi connectivity index (χ2n) is 6.50. The van der Waals surface area contributed by atoms with E-state index in [9.17, 15) is 4.79 Å². The Bertz CT molecular complexity index is 308. The Morgan fingerprint density at radius 2 is 2.05 bits per heavy atom. The van der Waals surface area contributed by atoms with Crippen molar-refractivity contribution in [3.63, 3.8) is 0 Å². The molecule has 1 N–H and O–H groups in total. The average Bonchev–Trinajstić information content (AvgIpc) is 2.73. The summed E-state index contributed by atoms with van der Waals surface area (Å²) in [6.45, 7) is 9.42. The fraction of sp³-hybridized carbons (Fsp3) is 0.938. The summed E-state index contributed by atoms with van der Waals surface area (Å²) in [6, 6.07) is -0.000810. The van der Waals surface area contributed by atoms with Crippen molar-refractivity contribution < 1.29 is 9.53 Å². The van der Waals surface area contributed by atoms with Gasteiger partial charge in [-0.1, -0.05) is 33.6 Å². The molecular formula is C16H33N3O2. The summed E-state index contributed by atoms with van der Waals surface area (Å²) in [4.78, 5) is 16.6. The molecular weight excluding hydrogens is 266 g/mol. The largest absolute Gasteiger partial charge is 0.378 e. The van der Waals surface area contributed by atoms with Gasteiger partial charge in [0.2, 0.25) is 5.91 Å². The van der Waals surface area contributed by atoms with Crippen LogP contribution >= 0.6 is 0 Å². The van der Waals surface area contributed by atoms with Gasteiger partial charge in [0.05, 0.1) is 25.4 Å². The summed E-state index contributed by atoms with van der Waals surface area (Å²) in [7, 11) is 4.06. The third-order valence-electron chi connectivity index (χ3n) is 3.93. The average molecular weight is 299 g/mol. The highest BCUT2D eigenvalue weighted by molar-refractivity contribution is 5.84. The van der Waals surface area contributed by atoms with Crippen molar-refractivity contribution in [3.8, 4) is 0 Å². The topological polar surface area (TPSA) is 44.8 Å². The first-order chi connectivity index (χ1) is 9.97. The maximum atomic E-state index is 12.5. The predicted octanol–water partition coefficient (Wildman–Crippen LogP) is 1.54. The zero-order valence-electron chi connectivity index (χ0n) is 14.4. The highest BCUT2D eigenvalue weighted by Gasteiger charge is 2.39. The van der Waals surface area contributed by atoms with Crippen molar-refractivity contribution in [2.24, 2.45) is 5.92 Å². The first kappa shape index (κ1) is 18.4. The number of likely N-dealkylation sites (N-methyl/N-ethyl adjacent to an activating group) is 1. The van der Waals surface area contributed by atoms with Gasteiger partial charge in [0, 0.05) is 13.1 Å². The number of hydrogen-bond acceptors (Lipinski definition) is 4. The molecule has 0 aromatic carbocycles. The van der Waals surface area contributed by atoms with Gasteiger partial charge >= 0.3 is 0 Å². The normalized spacial score (nSPS) is 22.8. The van der Waals surface area contributed by atoms with Crippen molar-refractivity contribution in [2.45, 2.75) is 52.2 Å². The summed E-state index contributed by atoms with van der Waals surface area (Å²) in [5.41, 5.74) is 0. The molecule has 0 bridgehead atoms. The first-order valence-corrected chi connectivity index (χ1v) is 8.26. The summed E-state index contributed by atoms with van der Waals surface area (Å²) >= 11 is 0. The minimum absolute atomic E-state index is 0.000810. The van der Waals surface area contributed by atoms with Crippen molar-refractivity contribution in [1.29, 1.82) is 0 Å². The Kier molecular flexibility index (Phi) is 8.22. The Morgan fingerprint density at radius 3 is 2.62 bits per heavy atom. The van der Waals surface area contributed by atoms with E-state index in [1.807, 2.05) is 19.0 Å². The number of nitrogens with zero attached hydrogens (tertiary/aromatic N) is 2. The lowest BCUT2D eigenvalue weighted by molar-refractivity contribution is -0.131. The third kappa shape index (κ3) is 5.93. The van der Waals surface area contributed by atoms with Crippen molar-refractivity contribution in [3.05, 3.63) is 0 Å². The van der Waals surface area contributed by atoms with E-state index in [1.54, 1.807) is 0 Å². The quantitative estimate of drug-likeness (QED) is 0.622. The van der Waals surface area contributed by atoms with Crippen molar-refractivity contribution in [2.75, 3.05) is 40.4 Å². The van der Waals surface area contributed by atoms with Crippen LogP contribution in [0.5, 0.6) is 0 Å². The molecule has 1 rings (SSSR count). The molecule has 2 unspecified atom stereocenters. The van der Waals surface area contributed by atoms with Crippen LogP contribution in [0.2, 0.25) is 0 Å². The van der Waals surface area contributed by atoms with Crippen LogP contribution in [0.25, 0.3) is 0 Å². The number of rotatable bonds is 10. The molecule has 124 valence electrons. The lowest BCUT2D eigenvalue weighted by Gasteiger charge is -2.27. The van der Waals surface area contributed by atoms with E-state index in [-0.39, 0.29) is 18.1 Å². The van der Waals surface area contributed by atoms with Crippen LogP contribution in [0.1, 0.15) is 40.0 Å². The van der Waals surface area contributed by atoms with Gasteiger partial charge < -0.3 is 14.5 Å². The van der Waals surface area contributed by atoms with Crippen molar-refractivity contribution >= 4 is 5.91 Å². The number of carbonyl (C=O) groups excluding carboxylic acids is 1. The van der Waals surface area contributed by atoms with E-state index in [0.29, 0.717) is 25.7 Å². The SMILES string of the molecule is CCCCC1NC(C(C)C)N(CCOCCN(C)C)C1=O. The summed E-state index contributed by atoms with van der Waals surface area (Å²) < 4.78 is 5.64. The number of ether oxygens (including phenoxy) is 1. The zero-order valence-corrected chi connectivity index (χ0v) is 14.4. The van der Waals surface area contributed by atoms with Gasteiger partial charge in [0.25, 0.3) is 0 Å². The van der Waals surface area contributed by atoms with Crippen molar-refractivity contribution in [1.82, 2.24) is 15.1 Å². The lowest BCUT2D eigenvalue weighted by Crippen LogP contribution is -2.43. The Morgan fingerprint density at radius 1 is 1.33 bits per heavy atom. The number of unbranched alkanes of at least 4 members (excludes halogenated alkanes) is 1. The van der Waals surface area contributed by atoms with E-state index >= 15 is 0 Å². The molecule has 0 spiro atoms. The molecule has 1 saturated heterocycles. The maximum absolute atomic E-state index is 12.5. The Hall–Kier alpha value is -0.650. The second-order valence-corrected chi connectivity index (χ2v) is 6.50. The molecule has 1 aliphatic rings. The minimum Gasteiger partial charge on any atom is -0.378 e. The van der Waals surface area contributed by atoms with Crippen LogP contribution in [0.15, 0.2) is 0 Å². The lowest BCUT2D eigenvalue weighted by atomic mass is 10.1. The maximum Gasteiger partial charge on any atom is 0.241 e. The van der Waals surface area contributed by atoms with Gasteiger partial charge in [0.15, 0.2) is 0 Å². The zero-order chi connectivity index (χ0) is 15.8. The predicted molar refractivity (Wildman–Crippen MR) is 86.2 cm³/mol. The second kappa shape index (κ2) is 9.38. The van der Waals surface area contributed by atoms with E-state index in [2.05, 4.69) is 31.0 Å². The van der Waals surface area contributed by atoms with Crippen LogP contribution in [0, 0.1) is 5.92 Å². The fourth-order valence-electron chi connectivity index (χ4n) is 2.63. The molecule has 2 atom stereocenters. The molecule has 1 amide bonds. The molecule has 1 fully saturated rings. The Balaban J connectivity index is 2.42. The first-order valence-electron chi connectivity index (χ1n) is 8.26. The monoisotopic (exact) mass is 299 g/mol. The molecule has 1 aliphatic heterocycles. The molecule has 0 aromatic rings. The fourth-order valence-corrected chi connectivity index (χ4v) is 2.63. The van der Waals surface area contributed by atoms with Crippen LogP contribution in [0.3, 0.4) is 0 Å². The molecule has 0 aliphatic carbocycles. The molecule has 0 aromatic heterocycles. The number of nitrogens with one attached hydrogen (secondary N) is 1. The minimum atomic E-state index is -0.000810. The van der Waals surface area contributed by atoms with Gasteiger partial charge in [-0.25, -0.2) is 0 Å². The standard InChI is InChI=1S/C16H33N3O2/c1-6-7-8-14-16(20)19(15(17-14)13(2)3)10-12-21-11-9-18(4)5/h13-15,17H,6-12H2,1-5H3. The molecule has 1 heterocycles. The van der Waals surface area contributed by atoms with Crippen LogP contribution in [0.4, 0.5) is 0 Å². The summed E-state index contributed by atoms with van der Waals surface area (Å²) in [5.74, 6) is 0.667. The van der Waals surface area contributed by atoms with E-state index in [0.717, 1.165) is 25.8 Å². The van der Waals surface area contributed by atoms with Gasteiger partial charge in [-0.3, -0.25) is 10.1 Å². The number of hydrogen-bond donors (Lipinski definition) is 1. The van der Waals surface area contributed by atoms with E-state index < -0.39 is 0 Å². The smallest absolute Gasteiger partial charge is 0.241 e. The van der Waals surface area contributed by atoms with Crippen LogP contribution < -0.4 is 5.32 Å².